The van der Waals surface area contributed by atoms with Gasteiger partial charge >= 0.3 is 5.97 Å². The molecule has 0 amide bonds. The van der Waals surface area contributed by atoms with Gasteiger partial charge in [0.2, 0.25) is 0 Å². The summed E-state index contributed by atoms with van der Waals surface area (Å²) in [4.78, 5) is 11.0. The zero-order chi connectivity index (χ0) is 16.8. The molecule has 4 nitrogen and oxygen atoms in total. The normalized spacial score (nSPS) is 10.9. The third-order valence-electron chi connectivity index (χ3n) is 2.96. The van der Waals surface area contributed by atoms with Crippen molar-refractivity contribution in [3.8, 4) is 11.8 Å². The summed E-state index contributed by atoms with van der Waals surface area (Å²) >= 11 is 12.0. The summed E-state index contributed by atoms with van der Waals surface area (Å²) in [5.74, 6) is -0.909. The number of aliphatic carboxylic acids is 1. The lowest BCUT2D eigenvalue weighted by molar-refractivity contribution is -0.132. The van der Waals surface area contributed by atoms with Gasteiger partial charge in [0.25, 0.3) is 0 Å². The average Bonchev–Trinajstić information content (AvgIpc) is 2.52. The van der Waals surface area contributed by atoms with Crippen molar-refractivity contribution >= 4 is 35.2 Å². The minimum Gasteiger partial charge on any atom is -0.488 e. The molecule has 0 fully saturated rings. The predicted octanol–water partition coefficient (Wildman–Crippen LogP) is 4.56. The monoisotopic (exact) mass is 347 g/mol. The van der Waals surface area contributed by atoms with E-state index in [0.29, 0.717) is 21.4 Å². The Balaban J connectivity index is 2.31. The zero-order valence-electron chi connectivity index (χ0n) is 11.8. The molecule has 6 heteroatoms. The molecule has 116 valence electrons. The van der Waals surface area contributed by atoms with Crippen molar-refractivity contribution < 1.29 is 14.6 Å². The third kappa shape index (κ3) is 4.49. The molecule has 0 aromatic heterocycles. The quantitative estimate of drug-likeness (QED) is 0.635. The lowest BCUT2D eigenvalue weighted by atomic mass is 10.1. The van der Waals surface area contributed by atoms with Crippen molar-refractivity contribution in [1.82, 2.24) is 0 Å². The summed E-state index contributed by atoms with van der Waals surface area (Å²) in [6.07, 6.45) is 1.22. The first-order chi connectivity index (χ1) is 11.0. The van der Waals surface area contributed by atoms with Crippen molar-refractivity contribution in [2.75, 3.05) is 0 Å². The van der Waals surface area contributed by atoms with Crippen LogP contribution in [0, 0.1) is 11.3 Å². The Morgan fingerprint density at radius 1 is 1.26 bits per heavy atom. The van der Waals surface area contributed by atoms with Gasteiger partial charge in [-0.1, -0.05) is 41.4 Å². The lowest BCUT2D eigenvalue weighted by Gasteiger charge is -2.11. The van der Waals surface area contributed by atoms with E-state index >= 15 is 0 Å². The summed E-state index contributed by atoms with van der Waals surface area (Å²) in [5.41, 5.74) is 0.788. The van der Waals surface area contributed by atoms with E-state index in [1.807, 2.05) is 18.2 Å². The van der Waals surface area contributed by atoms with E-state index in [-0.39, 0.29) is 6.61 Å². The van der Waals surface area contributed by atoms with Gasteiger partial charge in [-0.05, 0) is 30.3 Å². The summed E-state index contributed by atoms with van der Waals surface area (Å²) < 4.78 is 5.69. The van der Waals surface area contributed by atoms with E-state index in [9.17, 15) is 4.79 Å². The molecule has 1 N–H and O–H groups in total. The second-order valence-electron chi connectivity index (χ2n) is 4.54. The van der Waals surface area contributed by atoms with Crippen molar-refractivity contribution in [3.05, 3.63) is 69.2 Å². The third-order valence-corrected chi connectivity index (χ3v) is 3.57. The SMILES string of the molecule is N#CC(=Cc1cc(Cl)ccc1OCc1ccccc1Cl)C(=O)O. The summed E-state index contributed by atoms with van der Waals surface area (Å²) in [7, 11) is 0. The largest absolute Gasteiger partial charge is 0.488 e. The van der Waals surface area contributed by atoms with Crippen LogP contribution in [-0.4, -0.2) is 11.1 Å². The molecular weight excluding hydrogens is 337 g/mol. The first-order valence-corrected chi connectivity index (χ1v) is 7.27. The number of ether oxygens (including phenoxy) is 1. The Labute approximate surface area is 143 Å². The number of hydrogen-bond acceptors (Lipinski definition) is 3. The molecule has 2 rings (SSSR count). The molecule has 0 unspecified atom stereocenters. The van der Waals surface area contributed by atoms with E-state index in [2.05, 4.69) is 0 Å². The molecule has 0 spiro atoms. The van der Waals surface area contributed by atoms with Crippen LogP contribution in [0.2, 0.25) is 10.0 Å². The molecular formula is C17H11Cl2NO3. The molecule has 0 saturated carbocycles. The number of carbonyl (C=O) groups is 1. The molecule has 0 aliphatic heterocycles. The van der Waals surface area contributed by atoms with Crippen LogP contribution < -0.4 is 4.74 Å². The second-order valence-corrected chi connectivity index (χ2v) is 5.38. The molecule has 0 aliphatic carbocycles. The molecule has 2 aromatic rings. The van der Waals surface area contributed by atoms with Gasteiger partial charge in [0.05, 0.1) is 0 Å². The lowest BCUT2D eigenvalue weighted by Crippen LogP contribution is -2.00. The Morgan fingerprint density at radius 2 is 2.00 bits per heavy atom. The van der Waals surface area contributed by atoms with Crippen LogP contribution in [-0.2, 0) is 11.4 Å². The highest BCUT2D eigenvalue weighted by Gasteiger charge is 2.10. The summed E-state index contributed by atoms with van der Waals surface area (Å²) in [5, 5.41) is 18.8. The maximum Gasteiger partial charge on any atom is 0.346 e. The van der Waals surface area contributed by atoms with Gasteiger partial charge in [-0.3, -0.25) is 0 Å². The maximum absolute atomic E-state index is 11.0. The minimum atomic E-state index is -1.32. The number of benzene rings is 2. The van der Waals surface area contributed by atoms with Crippen LogP contribution >= 0.6 is 23.2 Å². The van der Waals surface area contributed by atoms with Crippen molar-refractivity contribution in [3.63, 3.8) is 0 Å². The molecule has 0 radical (unpaired) electrons. The van der Waals surface area contributed by atoms with Gasteiger partial charge in [0, 0.05) is 21.2 Å². The Bertz CT molecular complexity index is 810. The summed E-state index contributed by atoms with van der Waals surface area (Å²) in [6.45, 7) is 0.205. The number of hydrogen-bond donors (Lipinski definition) is 1. The van der Waals surface area contributed by atoms with Gasteiger partial charge in [-0.2, -0.15) is 5.26 Å². The fourth-order valence-electron chi connectivity index (χ4n) is 1.83. The highest BCUT2D eigenvalue weighted by molar-refractivity contribution is 6.31. The number of halogens is 2. The van der Waals surface area contributed by atoms with Crippen LogP contribution in [0.5, 0.6) is 5.75 Å². The van der Waals surface area contributed by atoms with Crippen LogP contribution in [0.4, 0.5) is 0 Å². The first-order valence-electron chi connectivity index (χ1n) is 6.52. The highest BCUT2D eigenvalue weighted by Crippen LogP contribution is 2.27. The van der Waals surface area contributed by atoms with Crippen molar-refractivity contribution in [2.45, 2.75) is 6.61 Å². The molecule has 0 saturated heterocycles. The number of nitrogens with zero attached hydrogens (tertiary/aromatic N) is 1. The number of carboxylic acids is 1. The fraction of sp³-hybridized carbons (Fsp3) is 0.0588. The summed E-state index contributed by atoms with van der Waals surface area (Å²) in [6, 6.07) is 13.6. The molecule has 0 bridgehead atoms. The second kappa shape index (κ2) is 7.68. The van der Waals surface area contributed by atoms with Gasteiger partial charge in [-0.15, -0.1) is 0 Å². The molecule has 2 aromatic carbocycles. The zero-order valence-corrected chi connectivity index (χ0v) is 13.3. The van der Waals surface area contributed by atoms with E-state index in [1.165, 1.54) is 12.1 Å². The Morgan fingerprint density at radius 3 is 2.65 bits per heavy atom. The first kappa shape index (κ1) is 16.9. The van der Waals surface area contributed by atoms with E-state index in [1.54, 1.807) is 24.3 Å². The van der Waals surface area contributed by atoms with E-state index < -0.39 is 11.5 Å². The van der Waals surface area contributed by atoms with Gasteiger partial charge in [0.15, 0.2) is 0 Å². The van der Waals surface area contributed by atoms with Crippen molar-refractivity contribution in [2.24, 2.45) is 0 Å². The maximum atomic E-state index is 11.0. The minimum absolute atomic E-state index is 0.205. The molecule has 0 aliphatic rings. The standard InChI is InChI=1S/C17H11Cl2NO3/c18-14-5-6-16(12(8-14)7-13(9-20)17(21)22)23-10-11-3-1-2-4-15(11)19/h1-8H,10H2,(H,21,22). The van der Waals surface area contributed by atoms with Gasteiger partial charge in [-0.25, -0.2) is 4.79 Å². The van der Waals surface area contributed by atoms with Gasteiger partial charge in [0.1, 0.15) is 24.0 Å². The number of nitriles is 1. The fourth-order valence-corrected chi connectivity index (χ4v) is 2.20. The highest BCUT2D eigenvalue weighted by atomic mass is 35.5. The predicted molar refractivity (Wildman–Crippen MR) is 88.5 cm³/mol. The van der Waals surface area contributed by atoms with Gasteiger partial charge < -0.3 is 9.84 Å². The number of rotatable bonds is 5. The molecule has 23 heavy (non-hydrogen) atoms. The van der Waals surface area contributed by atoms with Crippen LogP contribution in [0.1, 0.15) is 11.1 Å². The smallest absolute Gasteiger partial charge is 0.346 e. The Hall–Kier alpha value is -2.48. The van der Waals surface area contributed by atoms with Crippen LogP contribution in [0.15, 0.2) is 48.0 Å². The molecule has 0 heterocycles. The van der Waals surface area contributed by atoms with E-state index in [4.69, 9.17) is 38.3 Å². The topological polar surface area (TPSA) is 70.3 Å². The van der Waals surface area contributed by atoms with Crippen LogP contribution in [0.3, 0.4) is 0 Å². The molecule has 0 atom stereocenters. The Kier molecular flexibility index (Phi) is 5.64. The van der Waals surface area contributed by atoms with Crippen molar-refractivity contribution in [1.29, 1.82) is 5.26 Å². The average molecular weight is 348 g/mol. The van der Waals surface area contributed by atoms with E-state index in [0.717, 1.165) is 5.56 Å². The number of carboxylic acid groups (broad SMARTS) is 1. The van der Waals surface area contributed by atoms with Crippen LogP contribution in [0.25, 0.3) is 6.08 Å².